The number of anilines is 1. The van der Waals surface area contributed by atoms with Gasteiger partial charge in [-0.25, -0.2) is 0 Å². The normalized spacial score (nSPS) is 12.1. The van der Waals surface area contributed by atoms with E-state index in [2.05, 4.69) is 54.2 Å². The van der Waals surface area contributed by atoms with Crippen LogP contribution in [-0.2, 0) is 11.3 Å². The van der Waals surface area contributed by atoms with E-state index in [0.717, 1.165) is 23.4 Å². The average molecular weight is 478 g/mol. The lowest BCUT2D eigenvalue weighted by Crippen LogP contribution is -2.23. The van der Waals surface area contributed by atoms with Gasteiger partial charge >= 0.3 is 6.01 Å². The van der Waals surface area contributed by atoms with E-state index in [0.29, 0.717) is 17.6 Å². The summed E-state index contributed by atoms with van der Waals surface area (Å²) in [5.41, 5.74) is 1.93. The Bertz CT molecular complexity index is 1210. The standard InChI is InChI=1S/C24H27N7O2S/c1-4-19(30(2)3)21-26-29-24(31(21)15-17-11-7-5-8-12-17)34-16-20(32)25-23-28-27-22(33-23)18-13-9-6-10-14-18/h5-14,19H,4,15-16H2,1-3H3,(H,25,28,32)/t19-/m0/s1. The summed E-state index contributed by atoms with van der Waals surface area (Å²) in [5, 5.41) is 20.2. The SMILES string of the molecule is CC[C@@H](c1nnc(SCC(=O)Nc2nnc(-c3ccccc3)o2)n1Cc1ccccc1)N(C)C. The van der Waals surface area contributed by atoms with E-state index >= 15 is 0 Å². The lowest BCUT2D eigenvalue weighted by molar-refractivity contribution is -0.113. The molecule has 1 amide bonds. The highest BCUT2D eigenvalue weighted by molar-refractivity contribution is 7.99. The number of carbonyl (C=O) groups excluding carboxylic acids is 1. The number of amides is 1. The second-order valence-corrected chi connectivity index (χ2v) is 8.86. The molecule has 0 aliphatic carbocycles. The predicted octanol–water partition coefficient (Wildman–Crippen LogP) is 4.12. The minimum Gasteiger partial charge on any atom is -0.403 e. The van der Waals surface area contributed by atoms with E-state index in [1.165, 1.54) is 11.8 Å². The maximum atomic E-state index is 12.6. The van der Waals surface area contributed by atoms with Crippen LogP contribution in [0.5, 0.6) is 0 Å². The molecule has 0 saturated carbocycles. The molecule has 10 heteroatoms. The molecule has 2 aromatic heterocycles. The molecule has 0 radical (unpaired) electrons. The molecule has 4 aromatic rings. The van der Waals surface area contributed by atoms with Crippen molar-refractivity contribution >= 4 is 23.7 Å². The van der Waals surface area contributed by atoms with Crippen molar-refractivity contribution in [2.75, 3.05) is 25.2 Å². The molecule has 9 nitrogen and oxygen atoms in total. The van der Waals surface area contributed by atoms with Gasteiger partial charge in [-0.15, -0.1) is 15.3 Å². The van der Waals surface area contributed by atoms with Crippen LogP contribution >= 0.6 is 11.8 Å². The fraction of sp³-hybridized carbons (Fsp3) is 0.292. The second-order valence-electron chi connectivity index (χ2n) is 7.92. The first-order valence-corrected chi connectivity index (χ1v) is 12.0. The Balaban J connectivity index is 1.46. The van der Waals surface area contributed by atoms with Gasteiger partial charge in [0.1, 0.15) is 0 Å². The maximum absolute atomic E-state index is 12.6. The summed E-state index contributed by atoms with van der Waals surface area (Å²) in [4.78, 5) is 14.7. The minimum atomic E-state index is -0.260. The molecule has 0 aliphatic heterocycles. The molecule has 0 spiro atoms. The molecule has 34 heavy (non-hydrogen) atoms. The molecule has 0 unspecified atom stereocenters. The molecular formula is C24H27N7O2S. The zero-order valence-electron chi connectivity index (χ0n) is 19.4. The fourth-order valence-corrected chi connectivity index (χ4v) is 4.35. The Morgan fingerprint density at radius 2 is 1.74 bits per heavy atom. The van der Waals surface area contributed by atoms with Gasteiger partial charge in [0.05, 0.1) is 18.3 Å². The molecular weight excluding hydrogens is 450 g/mol. The second kappa shape index (κ2) is 11.1. The molecule has 0 aliphatic rings. The summed E-state index contributed by atoms with van der Waals surface area (Å²) >= 11 is 1.33. The van der Waals surface area contributed by atoms with Gasteiger partial charge in [-0.3, -0.25) is 15.0 Å². The average Bonchev–Trinajstić information content (AvgIpc) is 3.47. The highest BCUT2D eigenvalue weighted by Crippen LogP contribution is 2.26. The first-order valence-electron chi connectivity index (χ1n) is 11.0. The maximum Gasteiger partial charge on any atom is 0.322 e. The molecule has 4 rings (SSSR count). The van der Waals surface area contributed by atoms with Crippen molar-refractivity contribution < 1.29 is 9.21 Å². The number of rotatable bonds is 10. The molecule has 2 aromatic carbocycles. The lowest BCUT2D eigenvalue weighted by atomic mass is 10.2. The van der Waals surface area contributed by atoms with Crippen molar-refractivity contribution in [2.24, 2.45) is 0 Å². The number of nitrogens with zero attached hydrogens (tertiary/aromatic N) is 6. The third-order valence-electron chi connectivity index (χ3n) is 5.26. The Labute approximate surface area is 202 Å². The van der Waals surface area contributed by atoms with Gasteiger partial charge in [0.2, 0.25) is 11.8 Å². The van der Waals surface area contributed by atoms with Crippen LogP contribution < -0.4 is 5.32 Å². The lowest BCUT2D eigenvalue weighted by Gasteiger charge is -2.23. The van der Waals surface area contributed by atoms with Crippen LogP contribution in [0.4, 0.5) is 6.01 Å². The van der Waals surface area contributed by atoms with Crippen LogP contribution in [0.3, 0.4) is 0 Å². The molecule has 0 saturated heterocycles. The van der Waals surface area contributed by atoms with Crippen molar-refractivity contribution in [1.29, 1.82) is 0 Å². The van der Waals surface area contributed by atoms with Crippen LogP contribution in [0.25, 0.3) is 11.5 Å². The van der Waals surface area contributed by atoms with Gasteiger partial charge in [-0.2, -0.15) is 0 Å². The van der Waals surface area contributed by atoms with E-state index in [-0.39, 0.29) is 23.7 Å². The molecule has 0 fully saturated rings. The largest absolute Gasteiger partial charge is 0.403 e. The van der Waals surface area contributed by atoms with Gasteiger partial charge in [0, 0.05) is 5.56 Å². The monoisotopic (exact) mass is 477 g/mol. The van der Waals surface area contributed by atoms with Crippen LogP contribution in [0.1, 0.15) is 30.8 Å². The number of hydrogen-bond donors (Lipinski definition) is 1. The Morgan fingerprint density at radius 1 is 1.03 bits per heavy atom. The zero-order chi connectivity index (χ0) is 23.9. The van der Waals surface area contributed by atoms with Crippen LogP contribution in [-0.4, -0.2) is 55.6 Å². The van der Waals surface area contributed by atoms with E-state index in [9.17, 15) is 4.79 Å². The summed E-state index contributed by atoms with van der Waals surface area (Å²) in [6.07, 6.45) is 0.895. The van der Waals surface area contributed by atoms with Gasteiger partial charge < -0.3 is 8.98 Å². The summed E-state index contributed by atoms with van der Waals surface area (Å²) in [6, 6.07) is 19.7. The molecule has 1 atom stereocenters. The summed E-state index contributed by atoms with van der Waals surface area (Å²) < 4.78 is 7.65. The fourth-order valence-electron chi connectivity index (χ4n) is 3.60. The number of nitrogens with one attached hydrogen (secondary N) is 1. The van der Waals surface area contributed by atoms with E-state index in [4.69, 9.17) is 4.42 Å². The molecule has 2 heterocycles. The number of aromatic nitrogens is 5. The minimum absolute atomic E-state index is 0.0644. The zero-order valence-corrected chi connectivity index (χ0v) is 20.2. The highest BCUT2D eigenvalue weighted by atomic mass is 32.2. The van der Waals surface area contributed by atoms with E-state index < -0.39 is 0 Å². The third kappa shape index (κ3) is 5.70. The first-order chi connectivity index (χ1) is 16.5. The first kappa shape index (κ1) is 23.7. The number of benzene rings is 2. The molecule has 1 N–H and O–H groups in total. The Morgan fingerprint density at radius 3 is 2.41 bits per heavy atom. The quantitative estimate of drug-likeness (QED) is 0.340. The van der Waals surface area contributed by atoms with Crippen LogP contribution in [0.2, 0.25) is 0 Å². The topological polar surface area (TPSA) is 102 Å². The number of thioether (sulfide) groups is 1. The van der Waals surface area contributed by atoms with Crippen molar-refractivity contribution in [1.82, 2.24) is 29.9 Å². The van der Waals surface area contributed by atoms with Gasteiger partial charge in [0.15, 0.2) is 11.0 Å². The van der Waals surface area contributed by atoms with Gasteiger partial charge in [-0.05, 0) is 38.2 Å². The number of hydrogen-bond acceptors (Lipinski definition) is 8. The molecule has 0 bridgehead atoms. The Kier molecular flexibility index (Phi) is 7.71. The van der Waals surface area contributed by atoms with E-state index in [1.54, 1.807) is 0 Å². The summed E-state index contributed by atoms with van der Waals surface area (Å²) in [7, 11) is 4.06. The predicted molar refractivity (Wildman–Crippen MR) is 131 cm³/mol. The third-order valence-corrected chi connectivity index (χ3v) is 6.23. The summed E-state index contributed by atoms with van der Waals surface area (Å²) in [5.74, 6) is 1.10. The van der Waals surface area contributed by atoms with Crippen molar-refractivity contribution in [3.63, 3.8) is 0 Å². The van der Waals surface area contributed by atoms with Gasteiger partial charge in [0.25, 0.3) is 0 Å². The summed E-state index contributed by atoms with van der Waals surface area (Å²) in [6.45, 7) is 2.75. The number of carbonyl (C=O) groups is 1. The van der Waals surface area contributed by atoms with Crippen molar-refractivity contribution in [2.45, 2.75) is 31.1 Å². The highest BCUT2D eigenvalue weighted by Gasteiger charge is 2.23. The molecule has 176 valence electrons. The van der Waals surface area contributed by atoms with Gasteiger partial charge in [-0.1, -0.05) is 72.3 Å². The van der Waals surface area contributed by atoms with Crippen molar-refractivity contribution in [3.05, 3.63) is 72.1 Å². The van der Waals surface area contributed by atoms with Crippen LogP contribution in [0.15, 0.2) is 70.2 Å². The smallest absolute Gasteiger partial charge is 0.322 e. The Hall–Kier alpha value is -3.50. The van der Waals surface area contributed by atoms with Crippen molar-refractivity contribution in [3.8, 4) is 11.5 Å². The van der Waals surface area contributed by atoms with Crippen LogP contribution in [0, 0.1) is 0 Å². The van der Waals surface area contributed by atoms with E-state index in [1.807, 2.05) is 62.6 Å².